The van der Waals surface area contributed by atoms with Crippen molar-refractivity contribution in [2.45, 2.75) is 267 Å². The Morgan fingerprint density at radius 2 is 0.347 bits per heavy atom. The largest absolute Gasteiger partial charge is 0.416 e. The van der Waals surface area contributed by atoms with Crippen molar-refractivity contribution in [1.82, 2.24) is 0 Å². The van der Waals surface area contributed by atoms with Gasteiger partial charge in [0.1, 0.15) is 42.7 Å². The monoisotopic (exact) mass is 1640 g/mol. The fraction of sp³-hybridized carbons (Fsp3) is 1.00. The van der Waals surface area contributed by atoms with Crippen molar-refractivity contribution in [1.29, 1.82) is 0 Å². The van der Waals surface area contributed by atoms with Gasteiger partial charge >= 0.3 is 103 Å². The molecule has 38 heteroatoms. The summed E-state index contributed by atoms with van der Waals surface area (Å²) in [7, 11) is -29.7. The van der Waals surface area contributed by atoms with Crippen molar-refractivity contribution in [2.24, 2.45) is 0 Å². The summed E-state index contributed by atoms with van der Waals surface area (Å²) in [6.45, 7) is 52.4. The highest BCUT2D eigenvalue weighted by Crippen LogP contribution is 2.41. The predicted octanol–water partition coefficient (Wildman–Crippen LogP) is 11.4. The zero-order valence-electron chi connectivity index (χ0n) is 65.2. The lowest BCUT2D eigenvalue weighted by atomic mass is 10.5. The Kier molecular flexibility index (Phi) is 35.2. The van der Waals surface area contributed by atoms with Crippen LogP contribution < -0.4 is 0 Å². The highest BCUT2D eigenvalue weighted by molar-refractivity contribution is 6.96. The van der Waals surface area contributed by atoms with Crippen LogP contribution in [0.15, 0.2) is 0 Å². The van der Waals surface area contributed by atoms with E-state index in [0.717, 1.165) is 158 Å². The molecule has 13 unspecified atom stereocenters. The second-order valence-electron chi connectivity index (χ2n) is 32.1. The summed E-state index contributed by atoms with van der Waals surface area (Å²) < 4.78 is 160. The first-order valence-electron chi connectivity index (χ1n) is 38.4. The van der Waals surface area contributed by atoms with Crippen LogP contribution in [-0.4, -0.2) is 284 Å². The van der Waals surface area contributed by atoms with Crippen molar-refractivity contribution in [3.05, 3.63) is 0 Å². The minimum Gasteiger partial charge on any atom is -0.416 e. The van der Waals surface area contributed by atoms with E-state index in [1.807, 2.05) is 0 Å². The lowest BCUT2D eigenvalue weighted by Gasteiger charge is -2.50. The van der Waals surface area contributed by atoms with Gasteiger partial charge in [-0.1, -0.05) is 26.7 Å². The summed E-state index contributed by atoms with van der Waals surface area (Å²) >= 11 is 0. The van der Waals surface area contributed by atoms with Crippen molar-refractivity contribution < 1.29 is 116 Å². The van der Waals surface area contributed by atoms with Gasteiger partial charge < -0.3 is 116 Å². The summed E-state index contributed by atoms with van der Waals surface area (Å²) in [5, 5.41) is 0. The third kappa shape index (κ3) is 36.7. The van der Waals surface area contributed by atoms with Gasteiger partial charge in [0.2, 0.25) is 0 Å². The average molecular weight is 1650 g/mol. The first-order chi connectivity index (χ1) is 47.7. The van der Waals surface area contributed by atoms with Gasteiger partial charge in [-0.05, 0) is 198 Å². The third-order valence-corrected chi connectivity index (χ3v) is 72.7. The maximum Gasteiger partial charge on any atom is 0.317 e. The Morgan fingerprint density at radius 1 is 0.208 bits per heavy atom. The molecule has 10 rings (SSSR count). The van der Waals surface area contributed by atoms with Crippen LogP contribution in [-0.2, 0) is 116 Å². The fourth-order valence-electron chi connectivity index (χ4n) is 14.1. The molecule has 10 heterocycles. The molecule has 0 aromatic carbocycles. The zero-order chi connectivity index (χ0) is 73.0. The summed E-state index contributed by atoms with van der Waals surface area (Å²) in [4.78, 5) is 0. The van der Waals surface area contributed by atoms with Crippen LogP contribution in [0.2, 0.25) is 153 Å². The van der Waals surface area contributed by atoms with Crippen molar-refractivity contribution in [3.8, 4) is 0 Å². The number of ether oxygens (including phenoxy) is 14. The second kappa shape index (κ2) is 40.3. The van der Waals surface area contributed by atoms with E-state index in [2.05, 4.69) is 112 Å². The lowest BCUT2D eigenvalue weighted by molar-refractivity contribution is 0.112. The van der Waals surface area contributed by atoms with Crippen LogP contribution >= 0.6 is 0 Å². The normalized spacial score (nSPS) is 38.8. The van der Waals surface area contributed by atoms with Crippen LogP contribution in [0.1, 0.15) is 71.6 Å². The molecule has 26 nitrogen and oxygen atoms in total. The SMILES string of the molecule is CCC[Si]1(C)O[Si](C)(CCCOCC2CO2)O[Si](C)(C)O[Si](C)(CCCOCC2CO2)O1.CCC[Si]1(C)O[Si](C)(CCCOCC2CO2)O[Si](C)(CCCOCC2CO2)O[Si](C)(CCCOCC2CO2)O1.C[Si]1(C)O[Si](C)(C)O[Si](C)(CCCOCC2CO2)O[Si](C)(CCCOCC2CO2)O1. The molecule has 0 aromatic heterocycles. The van der Waals surface area contributed by atoms with E-state index in [0.29, 0.717) is 117 Å². The van der Waals surface area contributed by atoms with E-state index >= 15 is 0 Å². The molecule has 10 aliphatic rings. The molecule has 101 heavy (non-hydrogen) atoms. The highest BCUT2D eigenvalue weighted by atomic mass is 28.5. The molecule has 592 valence electrons. The average Bonchev–Trinajstić information content (AvgIpc) is 1.49. The topological polar surface area (TPSA) is 263 Å². The van der Waals surface area contributed by atoms with Gasteiger partial charge in [-0.2, -0.15) is 0 Å². The number of hydrogen-bond acceptors (Lipinski definition) is 26. The van der Waals surface area contributed by atoms with Gasteiger partial charge in [0.15, 0.2) is 0 Å². The van der Waals surface area contributed by atoms with Crippen LogP contribution in [0.3, 0.4) is 0 Å². The van der Waals surface area contributed by atoms with Crippen LogP contribution in [0.4, 0.5) is 0 Å². The minimum atomic E-state index is -2.63. The molecular weight excluding hydrogens is 1510 g/mol. The fourth-order valence-corrected chi connectivity index (χ4v) is 82.2. The number of rotatable bonds is 46. The Morgan fingerprint density at radius 3 is 0.495 bits per heavy atom. The van der Waals surface area contributed by atoms with Crippen LogP contribution in [0.5, 0.6) is 0 Å². The van der Waals surface area contributed by atoms with E-state index in [-0.39, 0.29) is 18.3 Å². The smallest absolute Gasteiger partial charge is 0.317 e. The summed E-state index contributed by atoms with van der Waals surface area (Å²) in [5.41, 5.74) is 0. The standard InChI is InChI=1S/C25H52O10Si4.C20H44O8Si4.C18H40O8Si4/c1-6-13-36(2)32-37(3,14-7-10-26-17-23-20-29-23)34-39(5,16-9-12-28-19-25-22-31-25)35-38(4,33-36)15-8-11-27-18-24-21-30-24;1-7-12-30(4)27-31(5,13-8-10-21-15-19-17-23-19)25-29(2,3)26-32(6,28-30)14-9-11-22-16-20-18-24-20;1-27(2)23-28(3,4)25-30(6,12-8-10-20-14-18-16-22-18)26-29(5,24-27)11-7-9-19-13-17-15-21-17/h23-25H,6-22H2,1-5H3;19-20H,7-18H2,1-6H3;17-18H,7-16H2,1-6H3. The Balaban J connectivity index is 0.000000195. The maximum absolute atomic E-state index is 7.17. The van der Waals surface area contributed by atoms with Crippen molar-refractivity contribution in [3.63, 3.8) is 0 Å². The molecule has 10 aliphatic heterocycles. The van der Waals surface area contributed by atoms with E-state index in [9.17, 15) is 0 Å². The van der Waals surface area contributed by atoms with E-state index in [4.69, 9.17) is 116 Å². The van der Waals surface area contributed by atoms with Gasteiger partial charge in [0.25, 0.3) is 0 Å². The third-order valence-electron chi connectivity index (χ3n) is 18.1. The first kappa shape index (κ1) is 88.1. The van der Waals surface area contributed by atoms with Gasteiger partial charge in [-0.3, -0.25) is 0 Å². The van der Waals surface area contributed by atoms with Crippen LogP contribution in [0, 0.1) is 0 Å². The summed E-state index contributed by atoms with van der Waals surface area (Å²) in [6.07, 6.45) is 10.5. The molecule has 13 atom stereocenters. The molecular formula is C63H136O26Si12. The molecule has 0 aliphatic carbocycles. The highest BCUT2D eigenvalue weighted by Gasteiger charge is 2.59. The molecule has 10 fully saturated rings. The quantitative estimate of drug-likeness (QED) is 0.0311. The molecule has 0 N–H and O–H groups in total. The molecule has 0 spiro atoms. The lowest BCUT2D eigenvalue weighted by Crippen LogP contribution is -2.67. The Hall–Kier alpha value is 1.56. The number of hydrogen-bond donors (Lipinski definition) is 0. The van der Waals surface area contributed by atoms with Crippen molar-refractivity contribution >= 4 is 103 Å². The molecule has 10 saturated heterocycles. The molecule has 0 amide bonds. The summed E-state index contributed by atoms with van der Waals surface area (Å²) in [5.74, 6) is 0. The zero-order valence-corrected chi connectivity index (χ0v) is 77.2. The van der Waals surface area contributed by atoms with Gasteiger partial charge in [-0.25, -0.2) is 0 Å². The van der Waals surface area contributed by atoms with E-state index in [1.165, 1.54) is 0 Å². The Bertz CT molecular complexity index is 2260. The second-order valence-corrected chi connectivity index (χ2v) is 75.2. The number of epoxide rings is 7. The first-order valence-corrected chi connectivity index (χ1v) is 69.6. The molecule has 0 saturated carbocycles. The van der Waals surface area contributed by atoms with Gasteiger partial charge in [-0.15, -0.1) is 0 Å². The van der Waals surface area contributed by atoms with Gasteiger partial charge in [0, 0.05) is 46.2 Å². The molecule has 0 bridgehead atoms. The maximum atomic E-state index is 7.17. The van der Waals surface area contributed by atoms with E-state index in [1.54, 1.807) is 0 Å². The van der Waals surface area contributed by atoms with Gasteiger partial charge in [0.05, 0.1) is 92.5 Å². The predicted molar refractivity (Wildman–Crippen MR) is 410 cm³/mol. The molecule has 0 aromatic rings. The van der Waals surface area contributed by atoms with Crippen LogP contribution in [0.25, 0.3) is 0 Å². The molecule has 0 radical (unpaired) electrons. The van der Waals surface area contributed by atoms with Crippen molar-refractivity contribution in [2.75, 3.05) is 139 Å². The Labute approximate surface area is 620 Å². The van der Waals surface area contributed by atoms with E-state index < -0.39 is 103 Å². The minimum absolute atomic E-state index is 0.281. The summed E-state index contributed by atoms with van der Waals surface area (Å²) in [6, 6.07) is 8.02.